The van der Waals surface area contributed by atoms with Crippen molar-refractivity contribution in [2.45, 2.75) is 109 Å². The Hall–Kier alpha value is -0.370. The van der Waals surface area contributed by atoms with Gasteiger partial charge in [0.25, 0.3) is 0 Å². The van der Waals surface area contributed by atoms with E-state index in [1.807, 2.05) is 0 Å². The Kier molecular flexibility index (Phi) is 10.9. The topological polar surface area (TPSA) is 43.1 Å². The lowest BCUT2D eigenvalue weighted by Gasteiger charge is -2.27. The number of carbonyl (C=O) groups is 1. The molecule has 0 aromatic heterocycles. The standard InChI is InChI=1S/C19H37NO/c1-2-3-4-5-6-7-8-9-10-11-16-19(21)17-14-12-13-15-18(17)20/h17-18H,2-16,20H2,1H3. The van der Waals surface area contributed by atoms with E-state index in [2.05, 4.69) is 6.92 Å². The van der Waals surface area contributed by atoms with Crippen LogP contribution < -0.4 is 5.73 Å². The Labute approximate surface area is 132 Å². The fourth-order valence-corrected chi connectivity index (χ4v) is 3.53. The zero-order chi connectivity index (χ0) is 15.3. The van der Waals surface area contributed by atoms with Gasteiger partial charge in [0.15, 0.2) is 0 Å². The highest BCUT2D eigenvalue weighted by atomic mass is 16.1. The average molecular weight is 296 g/mol. The highest BCUT2D eigenvalue weighted by Crippen LogP contribution is 2.25. The summed E-state index contributed by atoms with van der Waals surface area (Å²) in [5, 5.41) is 0. The molecule has 1 aliphatic carbocycles. The number of nitrogens with two attached hydrogens (primary N) is 1. The monoisotopic (exact) mass is 295 g/mol. The van der Waals surface area contributed by atoms with Gasteiger partial charge in [-0.2, -0.15) is 0 Å². The van der Waals surface area contributed by atoms with Crippen molar-refractivity contribution in [1.82, 2.24) is 0 Å². The van der Waals surface area contributed by atoms with Crippen LogP contribution in [0.4, 0.5) is 0 Å². The third-order valence-corrected chi connectivity index (χ3v) is 5.01. The first kappa shape index (κ1) is 18.7. The molecule has 1 saturated carbocycles. The molecule has 0 bridgehead atoms. The van der Waals surface area contributed by atoms with Crippen LogP contribution in [-0.4, -0.2) is 11.8 Å². The number of rotatable bonds is 12. The normalized spacial score (nSPS) is 22.4. The molecule has 0 radical (unpaired) electrons. The minimum absolute atomic E-state index is 0.148. The summed E-state index contributed by atoms with van der Waals surface area (Å²) in [6, 6.07) is 0.148. The van der Waals surface area contributed by atoms with Crippen molar-refractivity contribution >= 4 is 5.78 Å². The summed E-state index contributed by atoms with van der Waals surface area (Å²) in [5.74, 6) is 0.624. The summed E-state index contributed by atoms with van der Waals surface area (Å²) in [6.45, 7) is 2.27. The van der Waals surface area contributed by atoms with Crippen LogP contribution in [0.5, 0.6) is 0 Å². The van der Waals surface area contributed by atoms with Gasteiger partial charge in [0, 0.05) is 18.4 Å². The molecule has 0 saturated heterocycles. The predicted molar refractivity (Wildman–Crippen MR) is 91.4 cm³/mol. The van der Waals surface area contributed by atoms with Gasteiger partial charge in [-0.05, 0) is 19.3 Å². The van der Waals surface area contributed by atoms with Crippen LogP contribution in [-0.2, 0) is 4.79 Å². The molecule has 1 fully saturated rings. The first-order chi connectivity index (χ1) is 10.3. The van der Waals surface area contributed by atoms with Crippen molar-refractivity contribution in [2.24, 2.45) is 11.7 Å². The van der Waals surface area contributed by atoms with Crippen molar-refractivity contribution in [3.05, 3.63) is 0 Å². The zero-order valence-corrected chi connectivity index (χ0v) is 14.2. The maximum atomic E-state index is 12.2. The van der Waals surface area contributed by atoms with Crippen molar-refractivity contribution in [1.29, 1.82) is 0 Å². The summed E-state index contributed by atoms with van der Waals surface area (Å²) >= 11 is 0. The van der Waals surface area contributed by atoms with Crippen LogP contribution in [0, 0.1) is 5.92 Å². The van der Waals surface area contributed by atoms with E-state index in [0.29, 0.717) is 5.78 Å². The van der Waals surface area contributed by atoms with Crippen LogP contribution >= 0.6 is 0 Å². The molecular formula is C19H37NO. The number of hydrogen-bond donors (Lipinski definition) is 1. The van der Waals surface area contributed by atoms with E-state index in [9.17, 15) is 4.79 Å². The van der Waals surface area contributed by atoms with Crippen molar-refractivity contribution in [3.63, 3.8) is 0 Å². The third kappa shape index (κ3) is 8.60. The Balaban J connectivity index is 1.90. The number of unbranched alkanes of at least 4 members (excludes halogenated alkanes) is 9. The second-order valence-corrected chi connectivity index (χ2v) is 6.95. The van der Waals surface area contributed by atoms with Gasteiger partial charge in [0.1, 0.15) is 5.78 Å². The minimum Gasteiger partial charge on any atom is -0.327 e. The number of hydrogen-bond acceptors (Lipinski definition) is 2. The highest BCUT2D eigenvalue weighted by Gasteiger charge is 2.27. The largest absolute Gasteiger partial charge is 0.327 e. The van der Waals surface area contributed by atoms with Gasteiger partial charge in [-0.25, -0.2) is 0 Å². The van der Waals surface area contributed by atoms with Crippen LogP contribution in [0.2, 0.25) is 0 Å². The van der Waals surface area contributed by atoms with E-state index in [1.165, 1.54) is 70.6 Å². The lowest BCUT2D eigenvalue weighted by atomic mass is 9.81. The average Bonchev–Trinajstić information content (AvgIpc) is 2.49. The fourth-order valence-electron chi connectivity index (χ4n) is 3.53. The lowest BCUT2D eigenvalue weighted by molar-refractivity contribution is -0.124. The van der Waals surface area contributed by atoms with Crippen LogP contribution in [0.1, 0.15) is 103 Å². The van der Waals surface area contributed by atoms with Gasteiger partial charge in [-0.1, -0.05) is 77.6 Å². The van der Waals surface area contributed by atoms with Crippen molar-refractivity contribution in [2.75, 3.05) is 0 Å². The van der Waals surface area contributed by atoms with E-state index in [-0.39, 0.29) is 12.0 Å². The molecule has 2 N–H and O–H groups in total. The first-order valence-corrected chi connectivity index (χ1v) is 9.54. The van der Waals surface area contributed by atoms with E-state index >= 15 is 0 Å². The van der Waals surface area contributed by atoms with E-state index in [1.54, 1.807) is 0 Å². The first-order valence-electron chi connectivity index (χ1n) is 9.54. The SMILES string of the molecule is CCCCCCCCCCCCC(=O)C1CCCCC1N. The second-order valence-electron chi connectivity index (χ2n) is 6.95. The summed E-state index contributed by atoms with van der Waals surface area (Å²) in [7, 11) is 0. The van der Waals surface area contributed by atoms with Gasteiger partial charge in [-0.3, -0.25) is 4.79 Å². The lowest BCUT2D eigenvalue weighted by Crippen LogP contribution is -2.37. The molecule has 2 atom stereocenters. The molecule has 2 heteroatoms. The Morgan fingerprint density at radius 2 is 1.38 bits per heavy atom. The number of carbonyl (C=O) groups excluding carboxylic acids is 1. The molecule has 0 spiro atoms. The summed E-state index contributed by atoms with van der Waals surface area (Å²) in [6.07, 6.45) is 18.6. The van der Waals surface area contributed by atoms with Crippen LogP contribution in [0.25, 0.3) is 0 Å². The van der Waals surface area contributed by atoms with Crippen molar-refractivity contribution in [3.8, 4) is 0 Å². The quantitative estimate of drug-likeness (QED) is 0.491. The van der Waals surface area contributed by atoms with Gasteiger partial charge < -0.3 is 5.73 Å². The van der Waals surface area contributed by atoms with E-state index in [4.69, 9.17) is 5.73 Å². The van der Waals surface area contributed by atoms with Gasteiger partial charge in [0.05, 0.1) is 0 Å². The van der Waals surface area contributed by atoms with Crippen LogP contribution in [0.3, 0.4) is 0 Å². The van der Waals surface area contributed by atoms with Gasteiger partial charge in [-0.15, -0.1) is 0 Å². The Morgan fingerprint density at radius 3 is 1.95 bits per heavy atom. The molecule has 0 aromatic rings. The molecule has 1 rings (SSSR count). The molecule has 124 valence electrons. The number of Topliss-reactive ketones (excluding diaryl/α,β-unsaturated/α-hetero) is 1. The second kappa shape index (κ2) is 12.2. The number of ketones is 1. The molecule has 0 aliphatic heterocycles. The van der Waals surface area contributed by atoms with Crippen molar-refractivity contribution < 1.29 is 4.79 Å². The molecule has 0 heterocycles. The van der Waals surface area contributed by atoms with Gasteiger partial charge in [0.2, 0.25) is 0 Å². The molecule has 0 amide bonds. The fraction of sp³-hybridized carbons (Fsp3) is 0.947. The summed E-state index contributed by atoms with van der Waals surface area (Å²) in [5.41, 5.74) is 6.08. The summed E-state index contributed by atoms with van der Waals surface area (Å²) < 4.78 is 0. The molecule has 1 aliphatic rings. The molecule has 2 nitrogen and oxygen atoms in total. The maximum Gasteiger partial charge on any atom is 0.137 e. The molecule has 2 unspecified atom stereocenters. The minimum atomic E-state index is 0.148. The summed E-state index contributed by atoms with van der Waals surface area (Å²) in [4.78, 5) is 12.2. The van der Waals surface area contributed by atoms with E-state index < -0.39 is 0 Å². The molecule has 21 heavy (non-hydrogen) atoms. The molecule has 0 aromatic carbocycles. The third-order valence-electron chi connectivity index (χ3n) is 5.01. The smallest absolute Gasteiger partial charge is 0.137 e. The van der Waals surface area contributed by atoms with Gasteiger partial charge >= 0.3 is 0 Å². The van der Waals surface area contributed by atoms with E-state index in [0.717, 1.165) is 25.7 Å². The Morgan fingerprint density at radius 1 is 0.857 bits per heavy atom. The molecular weight excluding hydrogens is 258 g/mol. The Bertz CT molecular complexity index is 264. The predicted octanol–water partition coefficient (Wildman–Crippen LogP) is 5.38. The highest BCUT2D eigenvalue weighted by molar-refractivity contribution is 5.81. The zero-order valence-electron chi connectivity index (χ0n) is 14.2. The maximum absolute atomic E-state index is 12.2. The van der Waals surface area contributed by atoms with Crippen LogP contribution in [0.15, 0.2) is 0 Å².